The number of guanidine groups is 1. The first-order valence-electron chi connectivity index (χ1n) is 31.5. The number of aliphatic imine (C=N–C) groups is 1. The summed E-state index contributed by atoms with van der Waals surface area (Å²) in [6, 6.07) is -12.5. The van der Waals surface area contributed by atoms with Crippen molar-refractivity contribution < 1.29 is 107 Å². The van der Waals surface area contributed by atoms with Gasteiger partial charge in [0.15, 0.2) is 5.96 Å². The van der Waals surface area contributed by atoms with Gasteiger partial charge < -0.3 is 112 Å². The Bertz CT molecular complexity index is 2970. The molecule has 0 spiro atoms. The molecule has 0 unspecified atom stereocenters. The molecule has 0 saturated carbocycles. The molecule has 0 fully saturated rings. The number of carbonyl (C=O) groups is 16. The summed E-state index contributed by atoms with van der Waals surface area (Å²) >= 11 is 0. The molecular weight excluding hydrogens is 1300 g/mol. The Kier molecular flexibility index (Phi) is 38.4. The van der Waals surface area contributed by atoms with E-state index in [2.05, 4.69) is 63.5 Å². The number of nitrogens with two attached hydrogens (primary N) is 4. The van der Waals surface area contributed by atoms with Crippen LogP contribution < -0.4 is 81.4 Å². The van der Waals surface area contributed by atoms with Gasteiger partial charge in [-0.3, -0.25) is 76.9 Å². The van der Waals surface area contributed by atoms with Gasteiger partial charge in [-0.15, -0.1) is 0 Å². The summed E-state index contributed by atoms with van der Waals surface area (Å²) in [5.41, 5.74) is 21.9. The first kappa shape index (κ1) is 85.9. The number of hydrogen-bond acceptors (Lipinski definition) is 20. The first-order chi connectivity index (χ1) is 45.9. The van der Waals surface area contributed by atoms with E-state index in [0.29, 0.717) is 5.56 Å². The molecule has 98 heavy (non-hydrogen) atoms. The predicted octanol–water partition coefficient (Wildman–Crippen LogP) is -6.75. The van der Waals surface area contributed by atoms with Crippen molar-refractivity contribution in [2.24, 2.45) is 45.7 Å². The maximum Gasteiger partial charge on any atom is 0.326 e. The number of aliphatic hydroxyl groups excluding tert-OH is 2. The maximum absolute atomic E-state index is 14.5. The molecule has 0 aliphatic heterocycles. The minimum Gasteiger partial charge on any atom is -0.481 e. The zero-order chi connectivity index (χ0) is 74.7. The summed E-state index contributed by atoms with van der Waals surface area (Å²) in [6.07, 6.45) is -5.47. The smallest absolute Gasteiger partial charge is 0.326 e. The summed E-state index contributed by atoms with van der Waals surface area (Å²) in [6.45, 7) is 8.79. The highest BCUT2D eigenvalue weighted by atomic mass is 16.4. The molecular formula is C60H96N16O22. The number of aliphatic carboxylic acids is 4. The Labute approximate surface area is 564 Å². The highest BCUT2D eigenvalue weighted by molar-refractivity contribution is 6.00. The number of amides is 12. The number of aliphatic hydroxyl groups is 2. The Morgan fingerprint density at radius 1 is 0.429 bits per heavy atom. The molecule has 548 valence electrons. The van der Waals surface area contributed by atoms with Crippen LogP contribution in [0.3, 0.4) is 0 Å². The second kappa shape index (κ2) is 43.9. The van der Waals surface area contributed by atoms with Crippen molar-refractivity contribution in [3.05, 3.63) is 35.9 Å². The van der Waals surface area contributed by atoms with Crippen LogP contribution in [0, 0.1) is 17.8 Å². The van der Waals surface area contributed by atoms with Crippen LogP contribution in [0.25, 0.3) is 0 Å². The number of carboxylic acid groups (broad SMARTS) is 4. The Balaban J connectivity index is 3.71. The molecule has 1 rings (SSSR count). The highest BCUT2D eigenvalue weighted by Crippen LogP contribution is 2.16. The number of primary amides is 1. The van der Waals surface area contributed by atoms with E-state index >= 15 is 0 Å². The highest BCUT2D eigenvalue weighted by Gasteiger charge is 2.39. The number of benzene rings is 1. The average molecular weight is 1390 g/mol. The number of carbonyl (C=O) groups excluding carboxylic acids is 12. The fourth-order valence-corrected chi connectivity index (χ4v) is 9.14. The second-order valence-electron chi connectivity index (χ2n) is 23.7. The number of carboxylic acids is 4. The van der Waals surface area contributed by atoms with Gasteiger partial charge in [-0.25, -0.2) is 4.79 Å². The summed E-state index contributed by atoms with van der Waals surface area (Å²) in [4.78, 5) is 216. The summed E-state index contributed by atoms with van der Waals surface area (Å²) < 4.78 is 0. The molecule has 1 aromatic carbocycles. The van der Waals surface area contributed by atoms with Gasteiger partial charge in [-0.1, -0.05) is 84.7 Å². The van der Waals surface area contributed by atoms with Crippen molar-refractivity contribution in [2.45, 2.75) is 198 Å². The summed E-state index contributed by atoms with van der Waals surface area (Å²) in [5, 5.41) is 84.4. The third kappa shape index (κ3) is 32.1. The SMILES string of the molecule is CC[C@H](C)[C@H](NC(=O)[C@H](CO)NC(=O)[C@H](CO)NC(=O)[C@H](C)N)C(=O)N[C@H](C(=O)N[C@@H](CC(=O)O)C(=O)N[C@@H](CCC(=O)O)C(=O)N[C@@H](CC(C)C)C(=O)N[C@@H](Cc1ccccc1)C(=O)N[C@@H](CCC(N)=O)C(=O)N[C@@H](CC(=O)O)C(=O)N[C@@H](CCCN=C(N)N)C(=O)O)[C@@H](C)CC. The van der Waals surface area contributed by atoms with E-state index in [1.54, 1.807) is 58.0 Å². The van der Waals surface area contributed by atoms with Crippen LogP contribution in [0.5, 0.6) is 0 Å². The zero-order valence-electron chi connectivity index (χ0n) is 55.6. The number of nitrogens with one attached hydrogen (secondary N) is 11. The number of hydrogen-bond donors (Lipinski definition) is 21. The van der Waals surface area contributed by atoms with Crippen LogP contribution in [0.15, 0.2) is 35.3 Å². The van der Waals surface area contributed by atoms with E-state index in [1.165, 1.54) is 20.8 Å². The molecule has 0 aromatic heterocycles. The van der Waals surface area contributed by atoms with E-state index in [9.17, 15) is 107 Å². The van der Waals surface area contributed by atoms with Gasteiger partial charge in [-0.2, -0.15) is 0 Å². The van der Waals surface area contributed by atoms with Gasteiger partial charge in [-0.05, 0) is 62.3 Å². The van der Waals surface area contributed by atoms with Crippen LogP contribution in [-0.4, -0.2) is 224 Å². The van der Waals surface area contributed by atoms with E-state index in [0.717, 1.165) is 0 Å². The molecule has 1 aromatic rings. The van der Waals surface area contributed by atoms with Gasteiger partial charge in [0.25, 0.3) is 0 Å². The van der Waals surface area contributed by atoms with Gasteiger partial charge in [0.1, 0.15) is 66.5 Å². The molecule has 0 saturated heterocycles. The molecule has 0 bridgehead atoms. The lowest BCUT2D eigenvalue weighted by Gasteiger charge is -2.31. The Morgan fingerprint density at radius 3 is 1.22 bits per heavy atom. The normalized spacial score (nSPS) is 15.3. The molecule has 0 aliphatic carbocycles. The molecule has 38 nitrogen and oxygen atoms in total. The Hall–Kier alpha value is -10.1. The molecule has 0 heterocycles. The minimum absolute atomic E-state index is 0.0313. The fourth-order valence-electron chi connectivity index (χ4n) is 9.14. The van der Waals surface area contributed by atoms with Gasteiger partial charge in [0.05, 0.1) is 32.1 Å². The molecule has 38 heteroatoms. The minimum atomic E-state index is -2.08. The van der Waals surface area contributed by atoms with Crippen molar-refractivity contribution >= 4 is 101 Å². The Morgan fingerprint density at radius 2 is 0.796 bits per heavy atom. The average Bonchev–Trinajstić information content (AvgIpc) is 0.869. The number of nitrogens with zero attached hydrogens (tertiary/aromatic N) is 1. The van der Waals surface area contributed by atoms with Crippen molar-refractivity contribution in [2.75, 3.05) is 19.8 Å². The summed E-state index contributed by atoms with van der Waals surface area (Å²) in [7, 11) is 0. The molecule has 0 aliphatic rings. The van der Waals surface area contributed by atoms with Crippen LogP contribution in [0.4, 0.5) is 0 Å². The van der Waals surface area contributed by atoms with Crippen molar-refractivity contribution in [3.8, 4) is 0 Å². The monoisotopic (exact) mass is 1390 g/mol. The topological polar surface area (TPSA) is 643 Å². The molecule has 12 amide bonds. The van der Waals surface area contributed by atoms with E-state index in [1.807, 2.05) is 0 Å². The second-order valence-corrected chi connectivity index (χ2v) is 23.7. The van der Waals surface area contributed by atoms with Crippen molar-refractivity contribution in [1.29, 1.82) is 0 Å². The first-order valence-corrected chi connectivity index (χ1v) is 31.5. The van der Waals surface area contributed by atoms with Crippen LogP contribution in [-0.2, 0) is 83.1 Å². The molecule has 0 radical (unpaired) electrons. The lowest BCUT2D eigenvalue weighted by molar-refractivity contribution is -0.144. The molecule has 25 N–H and O–H groups in total. The quantitative estimate of drug-likeness (QED) is 0.0164. The van der Waals surface area contributed by atoms with Gasteiger partial charge in [0, 0.05) is 25.8 Å². The van der Waals surface area contributed by atoms with Gasteiger partial charge >= 0.3 is 23.9 Å². The lowest BCUT2D eigenvalue weighted by Crippen LogP contribution is -2.62. The van der Waals surface area contributed by atoms with Crippen LogP contribution in [0.2, 0.25) is 0 Å². The number of rotatable bonds is 47. The lowest BCUT2D eigenvalue weighted by atomic mass is 9.94. The predicted molar refractivity (Wildman–Crippen MR) is 345 cm³/mol. The fraction of sp³-hybridized carbons (Fsp3) is 0.617. The van der Waals surface area contributed by atoms with E-state index in [-0.39, 0.29) is 51.0 Å². The standard InChI is InChI=1S/C60H96N16O22/c1-8-29(5)46(76-58(96)47(30(6)9-2)75-56(94)41(27-78)74-55(93)40(26-77)73-48(86)31(7)61)57(95)72-39(25-45(84)85)53(91)67-34(18-20-43(80)81)50(88)69-36(22-28(3)4)51(89)70-37(23-32-14-11-10-12-15-32)52(90)66-33(17-19-42(62)79)49(87)71-38(24-44(82)83)54(92)68-35(59(97)98)16-13-21-65-60(63)64/h10-12,14-15,28-31,33-41,46-47,77-78H,8-9,13,16-27,61H2,1-7H3,(H2,62,79)(H,66,90)(H,67,91)(H,68,92)(H,69,88)(H,70,89)(H,71,87)(H,72,95)(H,73,86)(H,74,93)(H,75,94)(H,76,96)(H,80,81)(H,82,83)(H,84,85)(H,97,98)(H4,63,64,65)/t29-,30-,31-,33-,34-,35-,36-,37-,38-,39-,40-,41-,46-,47-/m0/s1. The summed E-state index contributed by atoms with van der Waals surface area (Å²) in [5.74, 6) is -22.3. The van der Waals surface area contributed by atoms with Gasteiger partial charge in [0.2, 0.25) is 70.9 Å². The third-order valence-corrected chi connectivity index (χ3v) is 15.1. The largest absolute Gasteiger partial charge is 0.481 e. The van der Waals surface area contributed by atoms with E-state index < -0.39 is 237 Å². The zero-order valence-corrected chi connectivity index (χ0v) is 55.6. The van der Waals surface area contributed by atoms with Crippen LogP contribution in [0.1, 0.15) is 125 Å². The maximum atomic E-state index is 14.5. The van der Waals surface area contributed by atoms with E-state index in [4.69, 9.17) is 22.9 Å². The molecule has 14 atom stereocenters. The third-order valence-electron chi connectivity index (χ3n) is 15.1. The van der Waals surface area contributed by atoms with Crippen LogP contribution >= 0.6 is 0 Å². The van der Waals surface area contributed by atoms with Crippen molar-refractivity contribution in [1.82, 2.24) is 58.5 Å². The van der Waals surface area contributed by atoms with Crippen molar-refractivity contribution in [3.63, 3.8) is 0 Å².